The Kier molecular flexibility index (Phi) is 4.89. The van der Waals surface area contributed by atoms with Crippen molar-refractivity contribution in [1.82, 2.24) is 19.8 Å². The summed E-state index contributed by atoms with van der Waals surface area (Å²) in [5.41, 5.74) is 0.895. The number of rotatable bonds is 4. The average Bonchev–Trinajstić information content (AvgIpc) is 2.99. The molecular formula is C17H20F2N4O. The van der Waals surface area contributed by atoms with E-state index in [-0.39, 0.29) is 17.8 Å². The van der Waals surface area contributed by atoms with Gasteiger partial charge in [-0.25, -0.2) is 13.8 Å². The van der Waals surface area contributed by atoms with Crippen LogP contribution in [0.15, 0.2) is 30.7 Å². The Balaban J connectivity index is 1.52. The normalized spacial score (nSPS) is 16.3. The summed E-state index contributed by atoms with van der Waals surface area (Å²) in [5.74, 6) is -0.947. The van der Waals surface area contributed by atoms with Crippen molar-refractivity contribution in [3.63, 3.8) is 0 Å². The van der Waals surface area contributed by atoms with Crippen molar-refractivity contribution in [2.75, 3.05) is 13.1 Å². The lowest BCUT2D eigenvalue weighted by Crippen LogP contribution is -2.44. The third-order valence-corrected chi connectivity index (χ3v) is 4.37. The molecule has 0 saturated carbocycles. The van der Waals surface area contributed by atoms with Gasteiger partial charge in [0.1, 0.15) is 17.3 Å². The van der Waals surface area contributed by atoms with Gasteiger partial charge in [-0.2, -0.15) is 0 Å². The minimum absolute atomic E-state index is 0.0843. The molecule has 2 heterocycles. The summed E-state index contributed by atoms with van der Waals surface area (Å²) in [6, 6.07) is 3.61. The molecule has 1 aromatic carbocycles. The monoisotopic (exact) mass is 334 g/mol. The summed E-state index contributed by atoms with van der Waals surface area (Å²) in [6.45, 7) is 1.84. The van der Waals surface area contributed by atoms with Crippen LogP contribution in [0.4, 0.5) is 8.78 Å². The number of carbonyl (C=O) groups is 1. The molecule has 128 valence electrons. The second kappa shape index (κ2) is 7.09. The summed E-state index contributed by atoms with van der Waals surface area (Å²) in [4.78, 5) is 18.2. The first-order valence-electron chi connectivity index (χ1n) is 7.96. The van der Waals surface area contributed by atoms with Gasteiger partial charge in [-0.05, 0) is 31.0 Å². The minimum atomic E-state index is -0.426. The Morgan fingerprint density at radius 3 is 2.75 bits per heavy atom. The lowest BCUT2D eigenvalue weighted by atomic mass is 10.0. The van der Waals surface area contributed by atoms with E-state index in [2.05, 4.69) is 15.2 Å². The van der Waals surface area contributed by atoms with Gasteiger partial charge >= 0.3 is 0 Å². The number of carbonyl (C=O) groups excluding carboxylic acids is 1. The third-order valence-electron chi connectivity index (χ3n) is 4.37. The van der Waals surface area contributed by atoms with Crippen molar-refractivity contribution < 1.29 is 13.6 Å². The number of benzene rings is 1. The van der Waals surface area contributed by atoms with Crippen LogP contribution in [-0.4, -0.2) is 39.5 Å². The van der Waals surface area contributed by atoms with Gasteiger partial charge in [0.15, 0.2) is 0 Å². The van der Waals surface area contributed by atoms with Crippen molar-refractivity contribution in [3.8, 4) is 0 Å². The highest BCUT2D eigenvalue weighted by Crippen LogP contribution is 2.17. The van der Waals surface area contributed by atoms with Gasteiger partial charge < -0.3 is 9.88 Å². The number of amides is 1. The van der Waals surface area contributed by atoms with Gasteiger partial charge in [-0.15, -0.1) is 0 Å². The van der Waals surface area contributed by atoms with Crippen LogP contribution in [0.5, 0.6) is 0 Å². The maximum Gasteiger partial charge on any atom is 0.269 e. The summed E-state index contributed by atoms with van der Waals surface area (Å²) in [6.07, 6.45) is 4.68. The van der Waals surface area contributed by atoms with Gasteiger partial charge in [0.05, 0.1) is 12.5 Å². The summed E-state index contributed by atoms with van der Waals surface area (Å²) in [7, 11) is 1.78. The largest absolute Gasteiger partial charge is 0.348 e. The fraction of sp³-hybridized carbons (Fsp3) is 0.412. The quantitative estimate of drug-likeness (QED) is 0.931. The van der Waals surface area contributed by atoms with E-state index < -0.39 is 5.82 Å². The average molecular weight is 334 g/mol. The molecule has 1 saturated heterocycles. The van der Waals surface area contributed by atoms with Crippen LogP contribution in [0.25, 0.3) is 0 Å². The van der Waals surface area contributed by atoms with E-state index >= 15 is 0 Å². The molecule has 1 amide bonds. The van der Waals surface area contributed by atoms with Gasteiger partial charge in [-0.1, -0.05) is 0 Å². The Morgan fingerprint density at radius 2 is 2.08 bits per heavy atom. The van der Waals surface area contributed by atoms with E-state index in [9.17, 15) is 13.6 Å². The number of nitrogens with zero attached hydrogens (tertiary/aromatic N) is 3. The zero-order valence-corrected chi connectivity index (χ0v) is 13.5. The van der Waals surface area contributed by atoms with E-state index in [1.807, 2.05) is 0 Å². The third kappa shape index (κ3) is 3.79. The number of likely N-dealkylation sites (tertiary alicyclic amines) is 1. The molecule has 0 radical (unpaired) electrons. The maximum atomic E-state index is 13.7. The molecule has 0 atom stereocenters. The fourth-order valence-corrected chi connectivity index (χ4v) is 2.98. The number of halogens is 2. The van der Waals surface area contributed by atoms with Crippen LogP contribution in [0.2, 0.25) is 0 Å². The number of hydrogen-bond donors (Lipinski definition) is 1. The van der Waals surface area contributed by atoms with Crippen molar-refractivity contribution >= 4 is 5.91 Å². The Morgan fingerprint density at radius 1 is 1.33 bits per heavy atom. The number of aryl methyl sites for hydroxylation is 1. The standard InChI is InChI=1S/C17H20F2N4O/c1-22-11-20-9-16(22)17(24)21-14-4-6-23(7-5-14)10-12-8-13(18)2-3-15(12)19/h2-3,8-9,11,14H,4-7,10H2,1H3,(H,21,24). The SMILES string of the molecule is Cn1cncc1C(=O)NC1CCN(Cc2cc(F)ccc2F)CC1. The molecule has 1 aliphatic rings. The molecule has 5 nitrogen and oxygen atoms in total. The van der Waals surface area contributed by atoms with Gasteiger partial charge in [0.25, 0.3) is 5.91 Å². The second-order valence-corrected chi connectivity index (χ2v) is 6.15. The number of piperidine rings is 1. The molecule has 7 heteroatoms. The van der Waals surface area contributed by atoms with Crippen LogP contribution in [0, 0.1) is 11.6 Å². The topological polar surface area (TPSA) is 50.2 Å². The number of imidazole rings is 1. The second-order valence-electron chi connectivity index (χ2n) is 6.15. The smallest absolute Gasteiger partial charge is 0.269 e. The molecule has 1 aliphatic heterocycles. The molecule has 1 aromatic heterocycles. The highest BCUT2D eigenvalue weighted by Gasteiger charge is 2.22. The summed E-state index contributed by atoms with van der Waals surface area (Å²) >= 11 is 0. The first kappa shape index (κ1) is 16.6. The van der Waals surface area contributed by atoms with E-state index in [0.29, 0.717) is 17.8 Å². The first-order chi connectivity index (χ1) is 11.5. The molecule has 1 fully saturated rings. The van der Waals surface area contributed by atoms with Crippen molar-refractivity contribution in [2.24, 2.45) is 7.05 Å². The Labute approximate surface area is 139 Å². The van der Waals surface area contributed by atoms with Crippen molar-refractivity contribution in [3.05, 3.63) is 53.6 Å². The zero-order valence-electron chi connectivity index (χ0n) is 13.5. The molecule has 0 bridgehead atoms. The van der Waals surface area contributed by atoms with E-state index in [1.54, 1.807) is 17.9 Å². The maximum absolute atomic E-state index is 13.7. The van der Waals surface area contributed by atoms with E-state index in [0.717, 1.165) is 38.1 Å². The van der Waals surface area contributed by atoms with Crippen LogP contribution in [0.1, 0.15) is 28.9 Å². The van der Waals surface area contributed by atoms with Crippen LogP contribution >= 0.6 is 0 Å². The van der Waals surface area contributed by atoms with E-state index in [4.69, 9.17) is 0 Å². The van der Waals surface area contributed by atoms with Crippen LogP contribution in [-0.2, 0) is 13.6 Å². The lowest BCUT2D eigenvalue weighted by Gasteiger charge is -2.32. The predicted octanol–water partition coefficient (Wildman–Crippen LogP) is 2.09. The summed E-state index contributed by atoms with van der Waals surface area (Å²) in [5, 5.41) is 3.01. The molecule has 0 unspecified atom stereocenters. The number of nitrogens with one attached hydrogen (secondary N) is 1. The van der Waals surface area contributed by atoms with Crippen LogP contribution in [0.3, 0.4) is 0 Å². The Hall–Kier alpha value is -2.28. The van der Waals surface area contributed by atoms with Crippen molar-refractivity contribution in [1.29, 1.82) is 0 Å². The molecule has 24 heavy (non-hydrogen) atoms. The van der Waals surface area contributed by atoms with E-state index in [1.165, 1.54) is 12.3 Å². The zero-order chi connectivity index (χ0) is 17.1. The molecule has 2 aromatic rings. The number of aromatic nitrogens is 2. The molecule has 1 N–H and O–H groups in total. The van der Waals surface area contributed by atoms with Gasteiger partial charge in [-0.3, -0.25) is 9.69 Å². The summed E-state index contributed by atoms with van der Waals surface area (Å²) < 4.78 is 28.6. The van der Waals surface area contributed by atoms with Gasteiger partial charge in [0, 0.05) is 38.3 Å². The van der Waals surface area contributed by atoms with Crippen LogP contribution < -0.4 is 5.32 Å². The van der Waals surface area contributed by atoms with Gasteiger partial charge in [0.2, 0.25) is 0 Å². The molecular weight excluding hydrogens is 314 g/mol. The number of hydrogen-bond acceptors (Lipinski definition) is 3. The minimum Gasteiger partial charge on any atom is -0.348 e. The highest BCUT2D eigenvalue weighted by molar-refractivity contribution is 5.92. The highest BCUT2D eigenvalue weighted by atomic mass is 19.1. The Bertz CT molecular complexity index is 723. The predicted molar refractivity (Wildman–Crippen MR) is 85.3 cm³/mol. The molecule has 3 rings (SSSR count). The fourth-order valence-electron chi connectivity index (χ4n) is 2.98. The first-order valence-corrected chi connectivity index (χ1v) is 7.96. The molecule has 0 spiro atoms. The lowest BCUT2D eigenvalue weighted by molar-refractivity contribution is 0.0900. The van der Waals surface area contributed by atoms with Crippen molar-refractivity contribution in [2.45, 2.75) is 25.4 Å². The molecule has 0 aliphatic carbocycles.